The van der Waals surface area contributed by atoms with E-state index in [0.29, 0.717) is 5.56 Å². The maximum Gasteiger partial charge on any atom is 0.165 e. The second-order valence-electron chi connectivity index (χ2n) is 4.57. The van der Waals surface area contributed by atoms with Crippen LogP contribution in [0, 0.1) is 11.7 Å². The highest BCUT2D eigenvalue weighted by Gasteiger charge is 2.32. The third kappa shape index (κ3) is 2.28. The zero-order chi connectivity index (χ0) is 12.4. The van der Waals surface area contributed by atoms with Gasteiger partial charge in [0.25, 0.3) is 0 Å². The highest BCUT2D eigenvalue weighted by atomic mass is 19.1. The number of hydrogen-bond acceptors (Lipinski definition) is 3. The van der Waals surface area contributed by atoms with Crippen LogP contribution in [0.25, 0.3) is 0 Å². The molecule has 1 aromatic carbocycles. The van der Waals surface area contributed by atoms with Gasteiger partial charge in [-0.15, -0.1) is 0 Å². The molecule has 0 radical (unpaired) electrons. The van der Waals surface area contributed by atoms with E-state index in [0.717, 1.165) is 19.3 Å². The molecule has 3 N–H and O–H groups in total. The van der Waals surface area contributed by atoms with Gasteiger partial charge in [-0.3, -0.25) is 0 Å². The van der Waals surface area contributed by atoms with E-state index in [1.807, 2.05) is 0 Å². The Hall–Kier alpha value is -1.13. The van der Waals surface area contributed by atoms with Crippen LogP contribution in [0.3, 0.4) is 0 Å². The quantitative estimate of drug-likeness (QED) is 0.845. The van der Waals surface area contributed by atoms with Crippen molar-refractivity contribution in [2.45, 2.75) is 31.4 Å². The van der Waals surface area contributed by atoms with E-state index in [1.54, 1.807) is 12.1 Å². The van der Waals surface area contributed by atoms with Crippen molar-refractivity contribution in [2.24, 2.45) is 11.7 Å². The van der Waals surface area contributed by atoms with Crippen molar-refractivity contribution in [3.8, 4) is 5.75 Å². The number of nitrogens with two attached hydrogens (primary N) is 1. The predicted molar refractivity (Wildman–Crippen MR) is 63.2 cm³/mol. The van der Waals surface area contributed by atoms with Gasteiger partial charge < -0.3 is 15.6 Å². The molecule has 4 heteroatoms. The third-order valence-corrected chi connectivity index (χ3v) is 3.56. The number of benzene rings is 1. The van der Waals surface area contributed by atoms with Gasteiger partial charge in [0.15, 0.2) is 11.6 Å². The normalized spacial score (nSPS) is 19.5. The summed E-state index contributed by atoms with van der Waals surface area (Å²) in [5.74, 6) is -0.0717. The molecular weight excluding hydrogens is 221 g/mol. The Labute approximate surface area is 100 Å². The molecule has 94 valence electrons. The number of methoxy groups -OCH3 is 1. The molecule has 1 aliphatic carbocycles. The van der Waals surface area contributed by atoms with Crippen molar-refractivity contribution in [3.05, 3.63) is 29.6 Å². The van der Waals surface area contributed by atoms with Gasteiger partial charge >= 0.3 is 0 Å². The van der Waals surface area contributed by atoms with Gasteiger partial charge in [-0.25, -0.2) is 4.39 Å². The first-order valence-electron chi connectivity index (χ1n) is 5.91. The second-order valence-corrected chi connectivity index (χ2v) is 4.57. The monoisotopic (exact) mass is 239 g/mol. The van der Waals surface area contributed by atoms with Gasteiger partial charge in [0.1, 0.15) is 0 Å². The average Bonchev–Trinajstić information content (AvgIpc) is 2.25. The van der Waals surface area contributed by atoms with Crippen LogP contribution in [0.15, 0.2) is 18.2 Å². The van der Waals surface area contributed by atoms with Crippen LogP contribution in [0.1, 0.15) is 30.9 Å². The number of aliphatic hydroxyl groups excluding tert-OH is 1. The van der Waals surface area contributed by atoms with Gasteiger partial charge in [0.05, 0.1) is 19.3 Å². The van der Waals surface area contributed by atoms with Crippen LogP contribution in [0.2, 0.25) is 0 Å². The lowest BCUT2D eigenvalue weighted by Gasteiger charge is -2.34. The van der Waals surface area contributed by atoms with Crippen LogP contribution in [-0.4, -0.2) is 18.3 Å². The number of para-hydroxylation sites is 1. The largest absolute Gasteiger partial charge is 0.493 e. The molecule has 0 spiro atoms. The van der Waals surface area contributed by atoms with Gasteiger partial charge in [0.2, 0.25) is 0 Å². The van der Waals surface area contributed by atoms with Crippen LogP contribution >= 0.6 is 0 Å². The zero-order valence-corrected chi connectivity index (χ0v) is 9.90. The van der Waals surface area contributed by atoms with Crippen molar-refractivity contribution in [2.75, 3.05) is 7.11 Å². The van der Waals surface area contributed by atoms with Gasteiger partial charge in [-0.05, 0) is 24.8 Å². The van der Waals surface area contributed by atoms with E-state index in [2.05, 4.69) is 0 Å². The Balaban J connectivity index is 2.23. The standard InChI is InChI=1S/C13H18FNO2/c1-17-13-9(6-3-7-10(13)14)11(15)12(16)8-4-2-5-8/h3,6-8,11-12,16H,2,4-5,15H2,1H3/t11-,12+/m1/s1. The molecule has 3 nitrogen and oxygen atoms in total. The fraction of sp³-hybridized carbons (Fsp3) is 0.538. The number of hydrogen-bond donors (Lipinski definition) is 2. The molecular formula is C13H18FNO2. The number of rotatable bonds is 4. The van der Waals surface area contributed by atoms with Crippen molar-refractivity contribution >= 4 is 0 Å². The Morgan fingerprint density at radius 3 is 2.71 bits per heavy atom. The van der Waals surface area contributed by atoms with Crippen LogP contribution in [0.4, 0.5) is 4.39 Å². The third-order valence-electron chi connectivity index (χ3n) is 3.56. The summed E-state index contributed by atoms with van der Waals surface area (Å²) in [4.78, 5) is 0. The Morgan fingerprint density at radius 1 is 1.47 bits per heavy atom. The fourth-order valence-corrected chi connectivity index (χ4v) is 2.26. The SMILES string of the molecule is COc1c(F)cccc1[C@@H](N)[C@@H](O)C1CCC1. The van der Waals surface area contributed by atoms with E-state index in [1.165, 1.54) is 13.2 Å². The topological polar surface area (TPSA) is 55.5 Å². The molecule has 0 aliphatic heterocycles. The average molecular weight is 239 g/mol. The molecule has 0 amide bonds. The maximum atomic E-state index is 13.5. The molecule has 17 heavy (non-hydrogen) atoms. The van der Waals surface area contributed by atoms with E-state index in [9.17, 15) is 9.50 Å². The molecule has 2 atom stereocenters. The lowest BCUT2D eigenvalue weighted by atomic mass is 9.77. The van der Waals surface area contributed by atoms with E-state index in [-0.39, 0.29) is 11.7 Å². The van der Waals surface area contributed by atoms with Crippen LogP contribution in [-0.2, 0) is 0 Å². The summed E-state index contributed by atoms with van der Waals surface area (Å²) < 4.78 is 18.5. The summed E-state index contributed by atoms with van der Waals surface area (Å²) in [5, 5.41) is 10.1. The lowest BCUT2D eigenvalue weighted by molar-refractivity contribution is 0.0406. The van der Waals surface area contributed by atoms with Crippen LogP contribution < -0.4 is 10.5 Å². The highest BCUT2D eigenvalue weighted by molar-refractivity contribution is 5.37. The summed E-state index contributed by atoms with van der Waals surface area (Å²) >= 11 is 0. The van der Waals surface area contributed by atoms with Crippen molar-refractivity contribution in [3.63, 3.8) is 0 Å². The molecule has 0 unspecified atom stereocenters. The highest BCUT2D eigenvalue weighted by Crippen LogP contribution is 2.37. The first kappa shape index (κ1) is 12.3. The Kier molecular flexibility index (Phi) is 3.64. The molecule has 1 fully saturated rings. The van der Waals surface area contributed by atoms with E-state index in [4.69, 9.17) is 10.5 Å². The minimum absolute atomic E-state index is 0.137. The van der Waals surface area contributed by atoms with Crippen molar-refractivity contribution in [1.82, 2.24) is 0 Å². The predicted octanol–water partition coefficient (Wildman–Crippen LogP) is 2.00. The summed E-state index contributed by atoms with van der Waals surface area (Å²) in [5.41, 5.74) is 6.53. The van der Waals surface area contributed by atoms with E-state index < -0.39 is 18.0 Å². The first-order chi connectivity index (χ1) is 8.15. The summed E-state index contributed by atoms with van der Waals surface area (Å²) in [6.07, 6.45) is 2.49. The molecule has 0 bridgehead atoms. The molecule has 1 saturated carbocycles. The van der Waals surface area contributed by atoms with Gasteiger partial charge in [-0.1, -0.05) is 18.6 Å². The summed E-state index contributed by atoms with van der Waals surface area (Å²) in [6.45, 7) is 0. The fourth-order valence-electron chi connectivity index (χ4n) is 2.26. The number of ether oxygens (including phenoxy) is 1. The Morgan fingerprint density at radius 2 is 2.18 bits per heavy atom. The second kappa shape index (κ2) is 5.02. The molecule has 1 aromatic rings. The van der Waals surface area contributed by atoms with Crippen molar-refractivity contribution < 1.29 is 14.2 Å². The number of halogens is 1. The van der Waals surface area contributed by atoms with Gasteiger partial charge in [0, 0.05) is 5.56 Å². The summed E-state index contributed by atoms with van der Waals surface area (Å²) in [6, 6.07) is 4.02. The summed E-state index contributed by atoms with van der Waals surface area (Å²) in [7, 11) is 1.41. The molecule has 2 rings (SSSR count). The van der Waals surface area contributed by atoms with Crippen LogP contribution in [0.5, 0.6) is 5.75 Å². The molecule has 1 aliphatic rings. The minimum atomic E-state index is -0.626. The molecule has 0 heterocycles. The lowest BCUT2D eigenvalue weighted by Crippen LogP contribution is -2.36. The smallest absolute Gasteiger partial charge is 0.165 e. The number of aliphatic hydroxyl groups is 1. The van der Waals surface area contributed by atoms with Gasteiger partial charge in [-0.2, -0.15) is 0 Å². The zero-order valence-electron chi connectivity index (χ0n) is 9.90. The minimum Gasteiger partial charge on any atom is -0.493 e. The molecule has 0 aromatic heterocycles. The van der Waals surface area contributed by atoms with E-state index >= 15 is 0 Å². The Bertz CT molecular complexity index is 393. The van der Waals surface area contributed by atoms with Crippen molar-refractivity contribution in [1.29, 1.82) is 0 Å². The maximum absolute atomic E-state index is 13.5. The molecule has 0 saturated heterocycles. The first-order valence-corrected chi connectivity index (χ1v) is 5.91.